The molecule has 0 saturated carbocycles. The lowest BCUT2D eigenvalue weighted by atomic mass is 10.2. The molecule has 1 atom stereocenters. The number of benzene rings is 1. The minimum atomic E-state index is -0.0260. The van der Waals surface area contributed by atoms with Crippen molar-refractivity contribution in [2.75, 3.05) is 7.11 Å². The van der Waals surface area contributed by atoms with Crippen molar-refractivity contribution in [3.8, 4) is 17.2 Å². The van der Waals surface area contributed by atoms with Gasteiger partial charge in [0.2, 0.25) is 11.8 Å². The van der Waals surface area contributed by atoms with E-state index in [0.29, 0.717) is 16.9 Å². The molecule has 0 radical (unpaired) electrons. The van der Waals surface area contributed by atoms with Gasteiger partial charge in [-0.05, 0) is 37.3 Å². The molecule has 7 heteroatoms. The highest BCUT2D eigenvalue weighted by Gasteiger charge is 2.17. The van der Waals surface area contributed by atoms with Crippen molar-refractivity contribution >= 4 is 11.8 Å². The minimum absolute atomic E-state index is 0.0260. The van der Waals surface area contributed by atoms with Crippen LogP contribution in [-0.4, -0.2) is 27.3 Å². The van der Waals surface area contributed by atoms with E-state index < -0.39 is 0 Å². The Morgan fingerprint density at radius 3 is 2.50 bits per heavy atom. The molecule has 0 fully saturated rings. The molecule has 2 heterocycles. The highest BCUT2D eigenvalue weighted by Crippen LogP contribution is 2.33. The largest absolute Gasteiger partial charge is 0.497 e. The molecule has 0 N–H and O–H groups in total. The van der Waals surface area contributed by atoms with Gasteiger partial charge in [-0.2, -0.15) is 0 Å². The topological polar surface area (TPSA) is 73.9 Å². The van der Waals surface area contributed by atoms with E-state index in [4.69, 9.17) is 9.15 Å². The Morgan fingerprint density at radius 2 is 1.82 bits per heavy atom. The maximum Gasteiger partial charge on any atom is 0.247 e. The van der Waals surface area contributed by atoms with E-state index in [2.05, 4.69) is 20.2 Å². The second kappa shape index (κ2) is 6.57. The van der Waals surface area contributed by atoms with Crippen LogP contribution in [0.2, 0.25) is 0 Å². The van der Waals surface area contributed by atoms with Gasteiger partial charge in [0.1, 0.15) is 5.75 Å². The molecule has 3 rings (SSSR count). The van der Waals surface area contributed by atoms with Crippen LogP contribution in [0.4, 0.5) is 0 Å². The summed E-state index contributed by atoms with van der Waals surface area (Å²) in [5.41, 5.74) is 0.854. The number of methoxy groups -OCH3 is 1. The number of hydrogen-bond acceptors (Lipinski definition) is 7. The molecule has 0 aliphatic carbocycles. The van der Waals surface area contributed by atoms with E-state index in [1.54, 1.807) is 25.6 Å². The Balaban J connectivity index is 1.75. The van der Waals surface area contributed by atoms with Crippen molar-refractivity contribution in [3.05, 3.63) is 48.6 Å². The average Bonchev–Trinajstić information content (AvgIpc) is 3.06. The summed E-state index contributed by atoms with van der Waals surface area (Å²) < 4.78 is 10.9. The van der Waals surface area contributed by atoms with Crippen LogP contribution >= 0.6 is 11.8 Å². The molecular formula is C15H14N4O2S. The first kappa shape index (κ1) is 14.5. The maximum absolute atomic E-state index is 5.74. The Morgan fingerprint density at radius 1 is 1.09 bits per heavy atom. The third-order valence-electron chi connectivity index (χ3n) is 2.95. The summed E-state index contributed by atoms with van der Waals surface area (Å²) in [6.45, 7) is 1.98. The summed E-state index contributed by atoms with van der Waals surface area (Å²) in [5.74, 6) is 1.82. The highest BCUT2D eigenvalue weighted by molar-refractivity contribution is 7.99. The third kappa shape index (κ3) is 3.25. The SMILES string of the molecule is COc1ccc(-c2nnc([C@H](C)Sc3ncccn3)o2)cc1. The quantitative estimate of drug-likeness (QED) is 0.528. The Labute approximate surface area is 132 Å². The number of rotatable bonds is 5. The number of hydrogen-bond donors (Lipinski definition) is 0. The number of thioether (sulfide) groups is 1. The van der Waals surface area contributed by atoms with Gasteiger partial charge < -0.3 is 9.15 Å². The van der Waals surface area contributed by atoms with Crippen LogP contribution in [0.25, 0.3) is 11.5 Å². The molecular weight excluding hydrogens is 300 g/mol. The Hall–Kier alpha value is -2.41. The molecule has 0 spiro atoms. The van der Waals surface area contributed by atoms with Gasteiger partial charge in [0.15, 0.2) is 5.16 Å². The average molecular weight is 314 g/mol. The molecule has 2 aromatic heterocycles. The number of ether oxygens (including phenoxy) is 1. The van der Waals surface area contributed by atoms with Gasteiger partial charge in [-0.15, -0.1) is 10.2 Å². The zero-order chi connectivity index (χ0) is 15.4. The van der Waals surface area contributed by atoms with Crippen LogP contribution in [-0.2, 0) is 0 Å². The smallest absolute Gasteiger partial charge is 0.247 e. The summed E-state index contributed by atoms with van der Waals surface area (Å²) in [4.78, 5) is 8.35. The monoisotopic (exact) mass is 314 g/mol. The summed E-state index contributed by atoms with van der Waals surface area (Å²) in [6, 6.07) is 9.26. The van der Waals surface area contributed by atoms with Gasteiger partial charge in [-0.3, -0.25) is 0 Å². The van der Waals surface area contributed by atoms with E-state index in [1.165, 1.54) is 11.8 Å². The fourth-order valence-corrected chi connectivity index (χ4v) is 2.56. The molecule has 6 nitrogen and oxygen atoms in total. The third-order valence-corrected chi connectivity index (χ3v) is 3.93. The van der Waals surface area contributed by atoms with Gasteiger partial charge >= 0.3 is 0 Å². The minimum Gasteiger partial charge on any atom is -0.497 e. The van der Waals surface area contributed by atoms with Crippen molar-refractivity contribution in [1.82, 2.24) is 20.2 Å². The van der Waals surface area contributed by atoms with Crippen LogP contribution in [0, 0.1) is 0 Å². The van der Waals surface area contributed by atoms with Crippen LogP contribution in [0.1, 0.15) is 18.1 Å². The molecule has 0 aliphatic heterocycles. The van der Waals surface area contributed by atoms with Gasteiger partial charge in [0.05, 0.1) is 12.4 Å². The summed E-state index contributed by atoms with van der Waals surface area (Å²) in [6.07, 6.45) is 3.41. The van der Waals surface area contributed by atoms with Gasteiger partial charge in [-0.1, -0.05) is 11.8 Å². The lowest BCUT2D eigenvalue weighted by Crippen LogP contribution is -1.91. The first-order valence-corrected chi connectivity index (χ1v) is 7.55. The molecule has 0 saturated heterocycles. The molecule has 0 aliphatic rings. The number of aromatic nitrogens is 4. The maximum atomic E-state index is 5.74. The van der Waals surface area contributed by atoms with E-state index in [9.17, 15) is 0 Å². The molecule has 1 aromatic carbocycles. The molecule has 0 bridgehead atoms. The standard InChI is InChI=1S/C15H14N4O2S/c1-10(22-15-16-8-3-9-17-15)13-18-19-14(21-13)11-4-6-12(20-2)7-5-11/h3-10H,1-2H3/t10-/m0/s1. The first-order valence-electron chi connectivity index (χ1n) is 6.68. The van der Waals surface area contributed by atoms with E-state index in [0.717, 1.165) is 11.3 Å². The van der Waals surface area contributed by atoms with Crippen molar-refractivity contribution in [1.29, 1.82) is 0 Å². The molecule has 0 unspecified atom stereocenters. The normalized spacial score (nSPS) is 12.1. The lowest BCUT2D eigenvalue weighted by Gasteiger charge is -2.04. The molecule has 3 aromatic rings. The second-order valence-electron chi connectivity index (χ2n) is 4.47. The van der Waals surface area contributed by atoms with Crippen LogP contribution in [0.5, 0.6) is 5.75 Å². The van der Waals surface area contributed by atoms with Crippen molar-refractivity contribution in [3.63, 3.8) is 0 Å². The zero-order valence-electron chi connectivity index (χ0n) is 12.1. The first-order chi connectivity index (χ1) is 10.8. The Kier molecular flexibility index (Phi) is 4.34. The van der Waals surface area contributed by atoms with Crippen molar-refractivity contribution < 1.29 is 9.15 Å². The van der Waals surface area contributed by atoms with Gasteiger partial charge in [0, 0.05) is 18.0 Å². The fourth-order valence-electron chi connectivity index (χ4n) is 1.80. The number of nitrogens with zero attached hydrogens (tertiary/aromatic N) is 4. The molecule has 22 heavy (non-hydrogen) atoms. The van der Waals surface area contributed by atoms with E-state index in [-0.39, 0.29) is 5.25 Å². The Bertz CT molecular complexity index is 731. The van der Waals surface area contributed by atoms with Crippen molar-refractivity contribution in [2.24, 2.45) is 0 Å². The lowest BCUT2D eigenvalue weighted by molar-refractivity contribution is 0.415. The van der Waals surface area contributed by atoms with Crippen molar-refractivity contribution in [2.45, 2.75) is 17.3 Å². The second-order valence-corrected chi connectivity index (χ2v) is 5.77. The molecule has 0 amide bonds. The fraction of sp³-hybridized carbons (Fsp3) is 0.200. The molecule has 112 valence electrons. The highest BCUT2D eigenvalue weighted by atomic mass is 32.2. The summed E-state index contributed by atoms with van der Waals surface area (Å²) in [7, 11) is 1.63. The van der Waals surface area contributed by atoms with Gasteiger partial charge in [-0.25, -0.2) is 9.97 Å². The van der Waals surface area contributed by atoms with Crippen LogP contribution in [0.3, 0.4) is 0 Å². The predicted molar refractivity (Wildman–Crippen MR) is 82.6 cm³/mol. The van der Waals surface area contributed by atoms with E-state index in [1.807, 2.05) is 31.2 Å². The summed E-state index contributed by atoms with van der Waals surface area (Å²) >= 11 is 1.47. The van der Waals surface area contributed by atoms with E-state index >= 15 is 0 Å². The predicted octanol–water partition coefficient (Wildman–Crippen LogP) is 3.39. The van der Waals surface area contributed by atoms with Crippen LogP contribution in [0.15, 0.2) is 52.3 Å². The van der Waals surface area contributed by atoms with Crippen LogP contribution < -0.4 is 4.74 Å². The zero-order valence-corrected chi connectivity index (χ0v) is 12.9. The summed E-state index contributed by atoms with van der Waals surface area (Å²) in [5, 5.41) is 8.85. The van der Waals surface area contributed by atoms with Gasteiger partial charge in [0.25, 0.3) is 0 Å².